The Bertz CT molecular complexity index is 1190. The molecule has 4 rings (SSSR count). The van der Waals surface area contributed by atoms with Gasteiger partial charge in [-0.2, -0.15) is 18.3 Å². The van der Waals surface area contributed by atoms with E-state index in [2.05, 4.69) is 20.4 Å². The zero-order chi connectivity index (χ0) is 24.6. The highest BCUT2D eigenvalue weighted by Crippen LogP contribution is 2.35. The van der Waals surface area contributed by atoms with Gasteiger partial charge in [0, 0.05) is 25.1 Å². The van der Waals surface area contributed by atoms with Gasteiger partial charge in [0.2, 0.25) is 5.91 Å². The van der Waals surface area contributed by atoms with Crippen molar-refractivity contribution in [3.63, 3.8) is 0 Å². The number of carbonyl (C=O) groups is 1. The van der Waals surface area contributed by atoms with Gasteiger partial charge in [0.25, 0.3) is 0 Å². The van der Waals surface area contributed by atoms with Gasteiger partial charge in [0.1, 0.15) is 6.04 Å². The minimum atomic E-state index is -4.40. The molecule has 10 heteroatoms. The fourth-order valence-electron chi connectivity index (χ4n) is 4.29. The Balaban J connectivity index is 0.00000342. The zero-order valence-electron chi connectivity index (χ0n) is 19.5. The van der Waals surface area contributed by atoms with E-state index in [0.717, 1.165) is 40.7 Å². The molecule has 0 unspecified atom stereocenters. The van der Waals surface area contributed by atoms with E-state index in [1.807, 2.05) is 44.9 Å². The van der Waals surface area contributed by atoms with Crippen LogP contribution >= 0.6 is 0 Å². The van der Waals surface area contributed by atoms with Crippen LogP contribution in [-0.4, -0.2) is 38.7 Å². The molecule has 1 aliphatic heterocycles. The molecule has 188 valence electrons. The summed E-state index contributed by atoms with van der Waals surface area (Å²) in [6.07, 6.45) is -0.451. The average molecular weight is 489 g/mol. The van der Waals surface area contributed by atoms with Crippen LogP contribution in [-0.2, 0) is 30.4 Å². The molecule has 4 heterocycles. The van der Waals surface area contributed by atoms with Crippen molar-refractivity contribution in [3.05, 3.63) is 65.0 Å². The first-order valence-electron chi connectivity index (χ1n) is 11.1. The van der Waals surface area contributed by atoms with Gasteiger partial charge < -0.3 is 10.2 Å². The van der Waals surface area contributed by atoms with Crippen molar-refractivity contribution in [1.29, 1.82) is 0 Å². The molecule has 1 N–H and O–H groups in total. The van der Waals surface area contributed by atoms with Crippen LogP contribution in [0.4, 0.5) is 24.5 Å². The van der Waals surface area contributed by atoms with E-state index >= 15 is 0 Å². The molecular formula is C25H31F3N6O. The molecule has 0 aromatic carbocycles. The highest BCUT2D eigenvalue weighted by atomic mass is 19.4. The number of amides is 1. The second-order valence-corrected chi connectivity index (χ2v) is 8.92. The Morgan fingerprint density at radius 2 is 1.83 bits per heavy atom. The van der Waals surface area contributed by atoms with E-state index in [1.54, 1.807) is 10.9 Å². The average Bonchev–Trinajstić information content (AvgIpc) is 3.20. The van der Waals surface area contributed by atoms with Crippen molar-refractivity contribution in [2.24, 2.45) is 5.92 Å². The summed E-state index contributed by atoms with van der Waals surface area (Å²) < 4.78 is 39.8. The van der Waals surface area contributed by atoms with E-state index in [0.29, 0.717) is 18.5 Å². The first-order valence-corrected chi connectivity index (χ1v) is 11.1. The maximum absolute atomic E-state index is 12.7. The standard InChI is InChI=1S/C24H27F3N6O.CH4/c1-14(2)22-23(34)30-21-15(3)29-18(11-20(21)32(22)4)8-7-17-9-10-33(31-17)13-19-6-5-16(12-28-19)24(25,26)27;/h5-6,9-12,14,22H,7-8,13H2,1-4H3,(H,30,34);1H4/t22-;/m0./s1. The van der Waals surface area contributed by atoms with Gasteiger partial charge in [-0.3, -0.25) is 19.4 Å². The molecule has 3 aromatic rings. The van der Waals surface area contributed by atoms with Crippen LogP contribution in [0.1, 0.15) is 49.6 Å². The lowest BCUT2D eigenvalue weighted by Gasteiger charge is -2.38. The molecule has 0 aliphatic carbocycles. The number of rotatable bonds is 6. The Morgan fingerprint density at radius 1 is 1.11 bits per heavy atom. The summed E-state index contributed by atoms with van der Waals surface area (Å²) in [5, 5.41) is 7.52. The van der Waals surface area contributed by atoms with E-state index in [-0.39, 0.29) is 31.8 Å². The van der Waals surface area contributed by atoms with Gasteiger partial charge in [-0.05, 0) is 49.9 Å². The number of likely N-dealkylation sites (N-methyl/N-ethyl adjacent to an activating group) is 1. The molecule has 0 radical (unpaired) electrons. The second kappa shape index (κ2) is 10.1. The summed E-state index contributed by atoms with van der Waals surface area (Å²) >= 11 is 0. The zero-order valence-corrected chi connectivity index (χ0v) is 19.5. The quantitative estimate of drug-likeness (QED) is 0.535. The van der Waals surface area contributed by atoms with Crippen LogP contribution in [0.15, 0.2) is 36.7 Å². The first-order chi connectivity index (χ1) is 16.0. The number of aryl methyl sites for hydroxylation is 3. The molecule has 1 amide bonds. The number of nitrogens with zero attached hydrogens (tertiary/aromatic N) is 5. The lowest BCUT2D eigenvalue weighted by molar-refractivity contribution is -0.137. The molecule has 0 saturated carbocycles. The Hall–Kier alpha value is -3.43. The maximum atomic E-state index is 12.7. The minimum absolute atomic E-state index is 0. The number of hydrogen-bond acceptors (Lipinski definition) is 5. The van der Waals surface area contributed by atoms with Crippen LogP contribution in [0, 0.1) is 12.8 Å². The van der Waals surface area contributed by atoms with Crippen LogP contribution in [0.5, 0.6) is 0 Å². The molecule has 0 fully saturated rings. The van der Waals surface area contributed by atoms with Gasteiger partial charge >= 0.3 is 6.18 Å². The molecule has 35 heavy (non-hydrogen) atoms. The molecule has 0 spiro atoms. The third-order valence-electron chi connectivity index (χ3n) is 5.99. The number of halogens is 3. The smallest absolute Gasteiger partial charge is 0.361 e. The monoisotopic (exact) mass is 488 g/mol. The number of anilines is 2. The third kappa shape index (κ3) is 5.63. The van der Waals surface area contributed by atoms with Gasteiger partial charge in [-0.1, -0.05) is 21.3 Å². The van der Waals surface area contributed by atoms with Gasteiger partial charge in [-0.25, -0.2) is 0 Å². The fraction of sp³-hybridized carbons (Fsp3) is 0.440. The van der Waals surface area contributed by atoms with Gasteiger partial charge in [0.05, 0.1) is 40.6 Å². The Morgan fingerprint density at radius 3 is 2.46 bits per heavy atom. The van der Waals surface area contributed by atoms with Gasteiger partial charge in [-0.15, -0.1) is 0 Å². The van der Waals surface area contributed by atoms with E-state index in [4.69, 9.17) is 0 Å². The number of nitrogens with one attached hydrogen (secondary N) is 1. The predicted molar refractivity (Wildman–Crippen MR) is 129 cm³/mol. The molecule has 1 aliphatic rings. The summed E-state index contributed by atoms with van der Waals surface area (Å²) in [6.45, 7) is 6.22. The summed E-state index contributed by atoms with van der Waals surface area (Å²) in [5.41, 5.74) is 3.97. The normalized spacial score (nSPS) is 15.6. The predicted octanol–water partition coefficient (Wildman–Crippen LogP) is 4.88. The number of pyridine rings is 2. The Kier molecular flexibility index (Phi) is 7.52. The second-order valence-electron chi connectivity index (χ2n) is 8.92. The largest absolute Gasteiger partial charge is 0.417 e. The third-order valence-corrected chi connectivity index (χ3v) is 5.99. The molecule has 0 saturated heterocycles. The maximum Gasteiger partial charge on any atom is 0.417 e. The molecular weight excluding hydrogens is 457 g/mol. The van der Waals surface area contributed by atoms with E-state index in [9.17, 15) is 18.0 Å². The highest BCUT2D eigenvalue weighted by molar-refractivity contribution is 6.04. The van der Waals surface area contributed by atoms with Crippen LogP contribution in [0.2, 0.25) is 0 Å². The Labute approximate surface area is 203 Å². The molecule has 7 nitrogen and oxygen atoms in total. The molecule has 0 bridgehead atoms. The first kappa shape index (κ1) is 26.2. The SMILES string of the molecule is C.Cc1nc(CCc2ccn(Cc3ccc(C(F)(F)F)cn3)n2)cc2c1NC(=O)[C@H](C(C)C)N2C. The topological polar surface area (TPSA) is 75.9 Å². The summed E-state index contributed by atoms with van der Waals surface area (Å²) in [7, 11) is 1.93. The number of carbonyl (C=O) groups excluding carboxylic acids is 1. The van der Waals surface area contributed by atoms with Gasteiger partial charge in [0.15, 0.2) is 0 Å². The molecule has 3 aromatic heterocycles. The van der Waals surface area contributed by atoms with Crippen molar-refractivity contribution in [1.82, 2.24) is 19.7 Å². The van der Waals surface area contributed by atoms with Crippen molar-refractivity contribution < 1.29 is 18.0 Å². The van der Waals surface area contributed by atoms with Crippen molar-refractivity contribution in [3.8, 4) is 0 Å². The number of hydrogen-bond donors (Lipinski definition) is 1. The van der Waals surface area contributed by atoms with Crippen molar-refractivity contribution >= 4 is 17.3 Å². The number of fused-ring (bicyclic) bond motifs is 1. The summed E-state index contributed by atoms with van der Waals surface area (Å²) in [4.78, 5) is 23.1. The number of alkyl halides is 3. The van der Waals surface area contributed by atoms with Crippen LogP contribution in [0.25, 0.3) is 0 Å². The summed E-state index contributed by atoms with van der Waals surface area (Å²) in [5.74, 6) is 0.147. The lowest BCUT2D eigenvalue weighted by Crippen LogP contribution is -2.49. The van der Waals surface area contributed by atoms with Crippen molar-refractivity contribution in [2.45, 2.75) is 59.8 Å². The lowest BCUT2D eigenvalue weighted by atomic mass is 9.97. The van der Waals surface area contributed by atoms with E-state index in [1.165, 1.54) is 6.07 Å². The molecule has 1 atom stereocenters. The number of aromatic nitrogens is 4. The van der Waals surface area contributed by atoms with Crippen molar-refractivity contribution in [2.75, 3.05) is 17.3 Å². The summed E-state index contributed by atoms with van der Waals surface area (Å²) in [6, 6.07) is 6.05. The minimum Gasteiger partial charge on any atom is -0.361 e. The van der Waals surface area contributed by atoms with E-state index < -0.39 is 11.7 Å². The van der Waals surface area contributed by atoms with Crippen LogP contribution < -0.4 is 10.2 Å². The fourth-order valence-corrected chi connectivity index (χ4v) is 4.29. The van der Waals surface area contributed by atoms with Crippen LogP contribution in [0.3, 0.4) is 0 Å². The highest BCUT2D eigenvalue weighted by Gasteiger charge is 2.34.